The van der Waals surface area contributed by atoms with Crippen LogP contribution in [-0.4, -0.2) is 50.1 Å². The zero-order valence-electron chi connectivity index (χ0n) is 11.5. The number of aromatic nitrogens is 3. The fraction of sp³-hybridized carbons (Fsp3) is 0.429. The molecule has 1 N–H and O–H groups in total. The maximum atomic E-state index is 12.2. The van der Waals surface area contributed by atoms with Crippen molar-refractivity contribution < 1.29 is 9.90 Å². The largest absolute Gasteiger partial charge is 0.391 e. The number of thiazole rings is 1. The van der Waals surface area contributed by atoms with Gasteiger partial charge in [-0.2, -0.15) is 0 Å². The zero-order valence-corrected chi connectivity index (χ0v) is 12.3. The summed E-state index contributed by atoms with van der Waals surface area (Å²) in [5, 5.41) is 12.3. The van der Waals surface area contributed by atoms with Gasteiger partial charge in [0, 0.05) is 30.9 Å². The zero-order chi connectivity index (χ0) is 14.7. The van der Waals surface area contributed by atoms with E-state index in [0.717, 1.165) is 35.8 Å². The molecule has 0 radical (unpaired) electrons. The van der Waals surface area contributed by atoms with Crippen LogP contribution in [0.3, 0.4) is 0 Å². The van der Waals surface area contributed by atoms with E-state index >= 15 is 0 Å². The molecule has 0 spiro atoms. The first-order valence-electron chi connectivity index (χ1n) is 6.89. The minimum Gasteiger partial charge on any atom is -0.391 e. The summed E-state index contributed by atoms with van der Waals surface area (Å²) in [5.74, 6) is 0.0183. The van der Waals surface area contributed by atoms with E-state index in [0.29, 0.717) is 6.54 Å². The van der Waals surface area contributed by atoms with Crippen LogP contribution in [0.2, 0.25) is 0 Å². The number of likely N-dealkylation sites (tertiary alicyclic amines) is 1. The van der Waals surface area contributed by atoms with E-state index in [9.17, 15) is 9.90 Å². The molecular formula is C14H16N4O2S. The number of hydrogen-bond acceptors (Lipinski definition) is 6. The van der Waals surface area contributed by atoms with Crippen LogP contribution < -0.4 is 0 Å². The van der Waals surface area contributed by atoms with E-state index in [1.807, 2.05) is 5.38 Å². The van der Waals surface area contributed by atoms with Gasteiger partial charge in [0.05, 0.1) is 24.4 Å². The molecule has 0 bridgehead atoms. The van der Waals surface area contributed by atoms with Crippen LogP contribution in [0.25, 0.3) is 10.7 Å². The Morgan fingerprint density at radius 2 is 2.38 bits per heavy atom. The Morgan fingerprint density at radius 1 is 1.48 bits per heavy atom. The van der Waals surface area contributed by atoms with E-state index in [1.54, 1.807) is 23.5 Å². The molecule has 3 rings (SSSR count). The van der Waals surface area contributed by atoms with Gasteiger partial charge < -0.3 is 10.0 Å². The predicted molar refractivity (Wildman–Crippen MR) is 78.7 cm³/mol. The molecule has 1 saturated heterocycles. The molecule has 3 heterocycles. The monoisotopic (exact) mass is 304 g/mol. The number of carbonyl (C=O) groups is 1. The van der Waals surface area contributed by atoms with Crippen molar-refractivity contribution in [1.29, 1.82) is 0 Å². The third-order valence-electron chi connectivity index (χ3n) is 3.42. The van der Waals surface area contributed by atoms with Crippen LogP contribution >= 0.6 is 11.3 Å². The molecule has 1 unspecified atom stereocenters. The Kier molecular flexibility index (Phi) is 4.21. The Balaban J connectivity index is 1.66. The van der Waals surface area contributed by atoms with Gasteiger partial charge in [0.25, 0.3) is 0 Å². The molecule has 21 heavy (non-hydrogen) atoms. The second-order valence-corrected chi connectivity index (χ2v) is 5.91. The van der Waals surface area contributed by atoms with E-state index in [2.05, 4.69) is 15.0 Å². The highest BCUT2D eigenvalue weighted by molar-refractivity contribution is 7.13. The number of nitrogens with zero attached hydrogens (tertiary/aromatic N) is 4. The summed E-state index contributed by atoms with van der Waals surface area (Å²) < 4.78 is 0. The minimum absolute atomic E-state index is 0.0183. The molecule has 0 saturated carbocycles. The highest BCUT2D eigenvalue weighted by Gasteiger charge is 2.22. The van der Waals surface area contributed by atoms with Crippen LogP contribution in [0, 0.1) is 0 Å². The summed E-state index contributed by atoms with van der Waals surface area (Å²) >= 11 is 1.46. The van der Waals surface area contributed by atoms with Gasteiger partial charge in [0.15, 0.2) is 0 Å². The lowest BCUT2D eigenvalue weighted by molar-refractivity contribution is -0.133. The van der Waals surface area contributed by atoms with Crippen LogP contribution in [0.4, 0.5) is 0 Å². The molecular weight excluding hydrogens is 288 g/mol. The van der Waals surface area contributed by atoms with Crippen molar-refractivity contribution in [3.05, 3.63) is 29.7 Å². The Morgan fingerprint density at radius 3 is 3.14 bits per heavy atom. The predicted octanol–water partition coefficient (Wildman–Crippen LogP) is 1.13. The van der Waals surface area contributed by atoms with Crippen molar-refractivity contribution in [3.8, 4) is 10.7 Å². The number of amides is 1. The minimum atomic E-state index is -0.395. The van der Waals surface area contributed by atoms with E-state index < -0.39 is 6.10 Å². The SMILES string of the molecule is O=C(Cc1csc(-c2cnccn2)n1)N1CCCC(O)C1. The number of rotatable bonds is 3. The van der Waals surface area contributed by atoms with Crippen molar-refractivity contribution in [3.63, 3.8) is 0 Å². The van der Waals surface area contributed by atoms with Crippen LogP contribution in [0.1, 0.15) is 18.5 Å². The van der Waals surface area contributed by atoms with Crippen molar-refractivity contribution in [2.45, 2.75) is 25.4 Å². The summed E-state index contributed by atoms with van der Waals surface area (Å²) in [6.45, 7) is 1.15. The van der Waals surface area contributed by atoms with Crippen molar-refractivity contribution in [1.82, 2.24) is 19.9 Å². The molecule has 6 nitrogen and oxygen atoms in total. The molecule has 1 atom stereocenters. The lowest BCUT2D eigenvalue weighted by Crippen LogP contribution is -2.42. The first kappa shape index (κ1) is 14.1. The standard InChI is InChI=1S/C14H16N4O2S/c19-11-2-1-5-18(8-11)13(20)6-10-9-21-14(17-10)12-7-15-3-4-16-12/h3-4,7,9,11,19H,1-2,5-6,8H2. The average Bonchev–Trinajstić information content (AvgIpc) is 2.97. The van der Waals surface area contributed by atoms with Gasteiger partial charge in [0.1, 0.15) is 10.7 Å². The molecule has 7 heteroatoms. The van der Waals surface area contributed by atoms with Gasteiger partial charge in [-0.05, 0) is 12.8 Å². The summed E-state index contributed by atoms with van der Waals surface area (Å²) in [5.41, 5.74) is 1.46. The fourth-order valence-corrected chi connectivity index (χ4v) is 3.14. The molecule has 110 valence electrons. The lowest BCUT2D eigenvalue weighted by atomic mass is 10.1. The van der Waals surface area contributed by atoms with Crippen LogP contribution in [0.5, 0.6) is 0 Å². The van der Waals surface area contributed by atoms with Crippen molar-refractivity contribution in [2.24, 2.45) is 0 Å². The van der Waals surface area contributed by atoms with Gasteiger partial charge >= 0.3 is 0 Å². The normalized spacial score (nSPS) is 18.7. The van der Waals surface area contributed by atoms with Crippen LogP contribution in [-0.2, 0) is 11.2 Å². The highest BCUT2D eigenvalue weighted by atomic mass is 32.1. The molecule has 0 aliphatic carbocycles. The van der Waals surface area contributed by atoms with E-state index in [4.69, 9.17) is 0 Å². The molecule has 1 amide bonds. The van der Waals surface area contributed by atoms with Crippen LogP contribution in [0.15, 0.2) is 24.0 Å². The van der Waals surface area contributed by atoms with Gasteiger partial charge in [-0.15, -0.1) is 11.3 Å². The maximum Gasteiger partial charge on any atom is 0.228 e. The third kappa shape index (κ3) is 3.43. The number of carbonyl (C=O) groups excluding carboxylic acids is 1. The topological polar surface area (TPSA) is 79.2 Å². The maximum absolute atomic E-state index is 12.2. The fourth-order valence-electron chi connectivity index (χ4n) is 2.36. The molecule has 0 aromatic carbocycles. The van der Waals surface area contributed by atoms with Crippen molar-refractivity contribution >= 4 is 17.2 Å². The molecule has 2 aromatic heterocycles. The lowest BCUT2D eigenvalue weighted by Gasteiger charge is -2.29. The van der Waals surface area contributed by atoms with Gasteiger partial charge in [0.2, 0.25) is 5.91 Å². The first-order valence-corrected chi connectivity index (χ1v) is 7.77. The third-order valence-corrected chi connectivity index (χ3v) is 4.33. The van der Waals surface area contributed by atoms with E-state index in [-0.39, 0.29) is 12.3 Å². The highest BCUT2D eigenvalue weighted by Crippen LogP contribution is 2.21. The Hall–Kier alpha value is -1.86. The number of aliphatic hydroxyl groups is 1. The van der Waals surface area contributed by atoms with Gasteiger partial charge in [-0.25, -0.2) is 4.98 Å². The molecule has 1 aliphatic rings. The average molecular weight is 304 g/mol. The molecule has 2 aromatic rings. The van der Waals surface area contributed by atoms with E-state index in [1.165, 1.54) is 11.3 Å². The quantitative estimate of drug-likeness (QED) is 0.919. The second-order valence-electron chi connectivity index (χ2n) is 5.05. The summed E-state index contributed by atoms with van der Waals surface area (Å²) in [7, 11) is 0. The first-order chi connectivity index (χ1) is 10.2. The number of hydrogen-bond donors (Lipinski definition) is 1. The number of piperidine rings is 1. The summed E-state index contributed by atoms with van der Waals surface area (Å²) in [4.78, 5) is 26.6. The second kappa shape index (κ2) is 6.28. The number of β-amino-alcohol motifs (C(OH)–C–C–N with tert-alkyl or cyclic N) is 1. The smallest absolute Gasteiger partial charge is 0.228 e. The molecule has 1 aliphatic heterocycles. The Labute approximate surface area is 126 Å². The number of aliphatic hydroxyl groups excluding tert-OH is 1. The molecule has 1 fully saturated rings. The van der Waals surface area contributed by atoms with Crippen molar-refractivity contribution in [2.75, 3.05) is 13.1 Å². The summed E-state index contributed by atoms with van der Waals surface area (Å²) in [6.07, 6.45) is 6.40. The van der Waals surface area contributed by atoms with Gasteiger partial charge in [-0.3, -0.25) is 14.8 Å². The Bertz CT molecular complexity index is 616. The van der Waals surface area contributed by atoms with Gasteiger partial charge in [-0.1, -0.05) is 0 Å². The summed E-state index contributed by atoms with van der Waals surface area (Å²) in [6, 6.07) is 0.